The molecule has 0 fully saturated rings. The summed E-state index contributed by atoms with van der Waals surface area (Å²) in [4.78, 5) is 9.15. The van der Waals surface area contributed by atoms with Crippen molar-refractivity contribution in [3.63, 3.8) is 0 Å². The molecule has 0 spiro atoms. The highest BCUT2D eigenvalue weighted by Crippen LogP contribution is 2.37. The highest BCUT2D eigenvalue weighted by Gasteiger charge is 2.24. The maximum Gasteiger partial charge on any atom is 0.119 e. The molecule has 4 heteroatoms. The van der Waals surface area contributed by atoms with E-state index in [9.17, 15) is 0 Å². The number of fused-ring (bicyclic) bond motifs is 2. The maximum atomic E-state index is 4.90. The van der Waals surface area contributed by atoms with Gasteiger partial charge in [0.1, 0.15) is 5.69 Å². The predicted octanol–water partition coefficient (Wildman–Crippen LogP) is 4.41. The summed E-state index contributed by atoms with van der Waals surface area (Å²) < 4.78 is 2.15. The Morgan fingerprint density at radius 2 is 2.00 bits per heavy atom. The largest absolute Gasteiger partial charge is 0.268 e. The Morgan fingerprint density at radius 1 is 1.04 bits per heavy atom. The van der Waals surface area contributed by atoms with Crippen LogP contribution >= 0.6 is 0 Å². The molecule has 0 N–H and O–H groups in total. The number of aryl methyl sites for hydroxylation is 2. The fraction of sp³-hybridized carbons (Fsp3) is 0.190. The van der Waals surface area contributed by atoms with Gasteiger partial charge in [0.05, 0.1) is 11.2 Å². The normalized spacial score (nSPS) is 13.3. The third-order valence-corrected chi connectivity index (χ3v) is 4.86. The zero-order chi connectivity index (χ0) is 16.8. The average Bonchev–Trinajstić information content (AvgIpc) is 3.22. The molecule has 0 amide bonds. The fourth-order valence-corrected chi connectivity index (χ4v) is 3.72. The molecular formula is C21H18N4. The molecule has 0 atom stereocenters. The second kappa shape index (κ2) is 5.52. The smallest absolute Gasteiger partial charge is 0.119 e. The lowest BCUT2D eigenvalue weighted by Crippen LogP contribution is -1.95. The third-order valence-electron chi connectivity index (χ3n) is 4.86. The summed E-state index contributed by atoms with van der Waals surface area (Å²) in [5.41, 5.74) is 7.71. The van der Waals surface area contributed by atoms with Gasteiger partial charge in [-0.1, -0.05) is 18.2 Å². The minimum absolute atomic E-state index is 0.947. The Labute approximate surface area is 146 Å². The molecular weight excluding hydrogens is 308 g/mol. The van der Waals surface area contributed by atoms with E-state index in [0.717, 1.165) is 47.4 Å². The molecule has 3 aromatic heterocycles. The number of aromatic nitrogens is 4. The first-order valence-corrected chi connectivity index (χ1v) is 8.68. The van der Waals surface area contributed by atoms with Crippen LogP contribution in [0.2, 0.25) is 0 Å². The van der Waals surface area contributed by atoms with Crippen LogP contribution in [0, 0.1) is 6.92 Å². The first-order chi connectivity index (χ1) is 12.3. The maximum absolute atomic E-state index is 4.90. The Kier molecular flexibility index (Phi) is 3.17. The molecule has 25 heavy (non-hydrogen) atoms. The van der Waals surface area contributed by atoms with E-state index < -0.39 is 0 Å². The molecule has 0 bridgehead atoms. The van der Waals surface area contributed by atoms with Gasteiger partial charge >= 0.3 is 0 Å². The van der Waals surface area contributed by atoms with Gasteiger partial charge in [-0.05, 0) is 55.7 Å². The first kappa shape index (κ1) is 14.3. The van der Waals surface area contributed by atoms with E-state index in [4.69, 9.17) is 10.1 Å². The van der Waals surface area contributed by atoms with Gasteiger partial charge in [0.25, 0.3) is 0 Å². The molecule has 0 unspecified atom stereocenters. The minimum Gasteiger partial charge on any atom is -0.268 e. The molecule has 0 aliphatic carbocycles. The van der Waals surface area contributed by atoms with Crippen molar-refractivity contribution in [2.45, 2.75) is 26.3 Å². The molecule has 4 heterocycles. The minimum atomic E-state index is 0.947. The lowest BCUT2D eigenvalue weighted by Gasteiger charge is -2.07. The van der Waals surface area contributed by atoms with Gasteiger partial charge < -0.3 is 0 Å². The number of hydrogen-bond donors (Lipinski definition) is 0. The number of benzene rings is 1. The first-order valence-electron chi connectivity index (χ1n) is 8.68. The topological polar surface area (TPSA) is 43.6 Å². The van der Waals surface area contributed by atoms with Crippen LogP contribution in [-0.4, -0.2) is 19.7 Å². The number of hydrogen-bond acceptors (Lipinski definition) is 3. The van der Waals surface area contributed by atoms with E-state index in [-0.39, 0.29) is 0 Å². The second-order valence-corrected chi connectivity index (χ2v) is 6.57. The number of pyridine rings is 2. The Hall–Kier alpha value is -3.01. The van der Waals surface area contributed by atoms with Gasteiger partial charge in [-0.15, -0.1) is 0 Å². The van der Waals surface area contributed by atoms with Crippen molar-refractivity contribution in [1.82, 2.24) is 19.7 Å². The van der Waals surface area contributed by atoms with Crippen LogP contribution in [0.4, 0.5) is 0 Å². The molecule has 4 aromatic rings. The molecule has 0 saturated carbocycles. The van der Waals surface area contributed by atoms with Gasteiger partial charge in [0, 0.05) is 35.1 Å². The van der Waals surface area contributed by atoms with E-state index >= 15 is 0 Å². The van der Waals surface area contributed by atoms with Gasteiger partial charge in [0.2, 0.25) is 0 Å². The van der Waals surface area contributed by atoms with E-state index in [1.165, 1.54) is 16.8 Å². The van der Waals surface area contributed by atoms with Gasteiger partial charge in [-0.2, -0.15) is 5.10 Å². The summed E-state index contributed by atoms with van der Waals surface area (Å²) in [5.74, 6) is 0. The van der Waals surface area contributed by atoms with E-state index in [1.54, 1.807) is 0 Å². The molecule has 122 valence electrons. The molecule has 0 radical (unpaired) electrons. The van der Waals surface area contributed by atoms with Crippen molar-refractivity contribution in [1.29, 1.82) is 0 Å². The summed E-state index contributed by atoms with van der Waals surface area (Å²) in [7, 11) is 0. The van der Waals surface area contributed by atoms with Crippen molar-refractivity contribution < 1.29 is 0 Å². The molecule has 0 saturated heterocycles. The zero-order valence-corrected chi connectivity index (χ0v) is 14.1. The quantitative estimate of drug-likeness (QED) is 0.548. The van der Waals surface area contributed by atoms with Crippen molar-refractivity contribution in [2.24, 2.45) is 0 Å². The average molecular weight is 326 g/mol. The predicted molar refractivity (Wildman–Crippen MR) is 99.3 cm³/mol. The van der Waals surface area contributed by atoms with Crippen molar-refractivity contribution in [3.05, 3.63) is 66.1 Å². The Balaban J connectivity index is 1.76. The summed E-state index contributed by atoms with van der Waals surface area (Å²) in [5, 5.41) is 6.05. The molecule has 5 rings (SSSR count). The highest BCUT2D eigenvalue weighted by molar-refractivity contribution is 5.89. The van der Waals surface area contributed by atoms with Gasteiger partial charge in [0.15, 0.2) is 0 Å². The van der Waals surface area contributed by atoms with Crippen molar-refractivity contribution in [2.75, 3.05) is 0 Å². The monoisotopic (exact) mass is 326 g/mol. The molecule has 1 aliphatic rings. The molecule has 1 aliphatic heterocycles. The van der Waals surface area contributed by atoms with Crippen LogP contribution < -0.4 is 0 Å². The SMILES string of the molecule is Cc1cccc(-c2nn3c(c2-c2ccc4ncccc4c2)CCC3)n1. The van der Waals surface area contributed by atoms with Crippen LogP contribution in [0.15, 0.2) is 54.7 Å². The van der Waals surface area contributed by atoms with Crippen LogP contribution in [0.3, 0.4) is 0 Å². The summed E-state index contributed by atoms with van der Waals surface area (Å²) >= 11 is 0. The van der Waals surface area contributed by atoms with E-state index in [1.807, 2.05) is 25.3 Å². The van der Waals surface area contributed by atoms with Crippen molar-refractivity contribution >= 4 is 10.9 Å². The fourth-order valence-electron chi connectivity index (χ4n) is 3.72. The number of nitrogens with zero attached hydrogens (tertiary/aromatic N) is 4. The van der Waals surface area contributed by atoms with Crippen LogP contribution in [0.25, 0.3) is 33.4 Å². The summed E-state index contributed by atoms with van der Waals surface area (Å²) in [6, 6.07) is 16.7. The van der Waals surface area contributed by atoms with Crippen LogP contribution in [-0.2, 0) is 13.0 Å². The second-order valence-electron chi connectivity index (χ2n) is 6.57. The Bertz CT molecular complexity index is 1090. The van der Waals surface area contributed by atoms with Crippen LogP contribution in [0.1, 0.15) is 17.8 Å². The summed E-state index contributed by atoms with van der Waals surface area (Å²) in [6.07, 6.45) is 4.06. The third kappa shape index (κ3) is 2.33. The lowest BCUT2D eigenvalue weighted by molar-refractivity contribution is 0.658. The van der Waals surface area contributed by atoms with E-state index in [2.05, 4.69) is 46.1 Å². The Morgan fingerprint density at radius 3 is 2.92 bits per heavy atom. The molecule has 1 aromatic carbocycles. The molecule has 4 nitrogen and oxygen atoms in total. The van der Waals surface area contributed by atoms with E-state index in [0.29, 0.717) is 0 Å². The lowest BCUT2D eigenvalue weighted by atomic mass is 9.98. The standard InChI is InChI=1S/C21H18N4/c1-14-5-2-7-18(23-14)21-20(19-8-4-12-25(19)24-21)16-9-10-17-15(13-16)6-3-11-22-17/h2-3,5-7,9-11,13H,4,8,12H2,1H3. The number of rotatable bonds is 2. The zero-order valence-electron chi connectivity index (χ0n) is 14.1. The van der Waals surface area contributed by atoms with Gasteiger partial charge in [-0.25, -0.2) is 0 Å². The summed E-state index contributed by atoms with van der Waals surface area (Å²) in [6.45, 7) is 3.01. The van der Waals surface area contributed by atoms with Gasteiger partial charge in [-0.3, -0.25) is 14.6 Å². The van der Waals surface area contributed by atoms with Crippen molar-refractivity contribution in [3.8, 4) is 22.5 Å². The van der Waals surface area contributed by atoms with Crippen LogP contribution in [0.5, 0.6) is 0 Å². The highest BCUT2D eigenvalue weighted by atomic mass is 15.3.